The molecule has 9 heteroatoms. The first-order chi connectivity index (χ1) is 19.3. The number of benzodiazepines with no additional fused rings is 1. The Bertz CT molecular complexity index is 1490. The van der Waals surface area contributed by atoms with Gasteiger partial charge in [0.2, 0.25) is 12.1 Å². The summed E-state index contributed by atoms with van der Waals surface area (Å²) in [6.07, 6.45) is -0.0211. The number of benzene rings is 3. The fourth-order valence-corrected chi connectivity index (χ4v) is 5.27. The van der Waals surface area contributed by atoms with Crippen molar-refractivity contribution >= 4 is 40.7 Å². The topological polar surface area (TPSA) is 111 Å². The highest BCUT2D eigenvalue weighted by molar-refractivity contribution is 6.21. The van der Waals surface area contributed by atoms with E-state index in [1.165, 1.54) is 11.8 Å². The zero-order chi connectivity index (χ0) is 28.2. The largest absolute Gasteiger partial charge is 0.333 e. The van der Waals surface area contributed by atoms with Crippen molar-refractivity contribution in [3.8, 4) is 0 Å². The van der Waals surface area contributed by atoms with Crippen LogP contribution in [0, 0.1) is 6.92 Å². The normalized spacial score (nSPS) is 18.4. The minimum atomic E-state index is -1.30. The van der Waals surface area contributed by atoms with E-state index < -0.39 is 24.1 Å². The molecule has 1 fully saturated rings. The number of hydrogen-bond acceptors (Lipinski definition) is 5. The maximum Gasteiger partial charge on any atom is 0.321 e. The quantitative estimate of drug-likeness (QED) is 0.497. The smallest absolute Gasteiger partial charge is 0.321 e. The van der Waals surface area contributed by atoms with E-state index in [0.29, 0.717) is 35.6 Å². The second kappa shape index (κ2) is 11.5. The predicted molar refractivity (Wildman–Crippen MR) is 153 cm³/mol. The van der Waals surface area contributed by atoms with Gasteiger partial charge in [-0.25, -0.2) is 9.79 Å². The zero-order valence-electron chi connectivity index (χ0n) is 22.5. The van der Waals surface area contributed by atoms with Gasteiger partial charge in [-0.05, 0) is 43.5 Å². The van der Waals surface area contributed by atoms with Crippen molar-refractivity contribution in [3.05, 3.63) is 95.6 Å². The molecule has 1 unspecified atom stereocenters. The Labute approximate surface area is 232 Å². The molecule has 0 saturated carbocycles. The van der Waals surface area contributed by atoms with Crippen LogP contribution in [0.25, 0.3) is 0 Å². The summed E-state index contributed by atoms with van der Waals surface area (Å²) in [5.74, 6) is -0.944. The number of anilines is 2. The van der Waals surface area contributed by atoms with Crippen LogP contribution >= 0.6 is 0 Å². The second-order valence-corrected chi connectivity index (χ2v) is 9.99. The number of carbonyl (C=O) groups excluding carboxylic acids is 4. The minimum absolute atomic E-state index is 0.166. The lowest BCUT2D eigenvalue weighted by Gasteiger charge is -2.28. The van der Waals surface area contributed by atoms with Gasteiger partial charge in [0.05, 0.1) is 24.0 Å². The molecule has 3 aromatic carbocycles. The maximum absolute atomic E-state index is 14.0. The van der Waals surface area contributed by atoms with Crippen LogP contribution in [0.5, 0.6) is 0 Å². The van der Waals surface area contributed by atoms with Crippen LogP contribution in [0.2, 0.25) is 0 Å². The summed E-state index contributed by atoms with van der Waals surface area (Å²) in [6, 6.07) is 22.8. The number of fused-ring (bicyclic) bond motifs is 1. The Morgan fingerprint density at radius 3 is 2.48 bits per heavy atom. The molecule has 0 aliphatic carbocycles. The highest BCUT2D eigenvalue weighted by atomic mass is 16.2. The molecular formula is C31H31N5O4. The van der Waals surface area contributed by atoms with Gasteiger partial charge in [0.1, 0.15) is 0 Å². The van der Waals surface area contributed by atoms with E-state index in [1.54, 1.807) is 23.1 Å². The van der Waals surface area contributed by atoms with Gasteiger partial charge >= 0.3 is 6.03 Å². The van der Waals surface area contributed by atoms with E-state index in [-0.39, 0.29) is 18.2 Å². The number of nitrogens with zero attached hydrogens (tertiary/aromatic N) is 3. The van der Waals surface area contributed by atoms with Crippen LogP contribution in [-0.4, -0.2) is 59.5 Å². The Morgan fingerprint density at radius 2 is 1.73 bits per heavy atom. The lowest BCUT2D eigenvalue weighted by Crippen LogP contribution is -2.52. The molecular weight excluding hydrogens is 506 g/mol. The summed E-state index contributed by atoms with van der Waals surface area (Å²) in [6.45, 7) is 3.63. The van der Waals surface area contributed by atoms with Gasteiger partial charge in [0, 0.05) is 30.3 Å². The number of Topliss-reactive ketones (excluding diaryl/α,β-unsaturated/α-hetero) is 1. The number of carbonyl (C=O) groups is 4. The molecule has 2 heterocycles. The summed E-state index contributed by atoms with van der Waals surface area (Å²) in [5, 5.41) is 5.47. The molecule has 9 nitrogen and oxygen atoms in total. The van der Waals surface area contributed by atoms with Gasteiger partial charge < -0.3 is 20.4 Å². The van der Waals surface area contributed by atoms with Gasteiger partial charge in [0.25, 0.3) is 5.91 Å². The predicted octanol–water partition coefficient (Wildman–Crippen LogP) is 3.91. The summed E-state index contributed by atoms with van der Waals surface area (Å²) in [5.41, 5.74) is 4.00. The van der Waals surface area contributed by atoms with E-state index >= 15 is 0 Å². The molecule has 0 radical (unpaired) electrons. The van der Waals surface area contributed by atoms with Crippen LogP contribution in [0.15, 0.2) is 83.9 Å². The molecule has 0 bridgehead atoms. The molecule has 2 aliphatic heterocycles. The number of amides is 4. The Morgan fingerprint density at radius 1 is 0.975 bits per heavy atom. The third kappa shape index (κ3) is 5.63. The number of nitrogens with one attached hydrogen (secondary N) is 2. The van der Waals surface area contributed by atoms with Gasteiger partial charge in [-0.15, -0.1) is 0 Å². The van der Waals surface area contributed by atoms with Crippen molar-refractivity contribution in [3.63, 3.8) is 0 Å². The molecule has 204 valence electrons. The SMILES string of the molecule is CC(=O)N1CCC[C@@H]1C(=O)CN1C(=O)C(NC(=O)Nc2cccc(C)c2)N=C(c2ccccc2)c2ccccc21. The van der Waals surface area contributed by atoms with Crippen molar-refractivity contribution in [2.45, 2.75) is 38.9 Å². The van der Waals surface area contributed by atoms with E-state index in [4.69, 9.17) is 4.99 Å². The number of hydrogen-bond donors (Lipinski definition) is 2. The molecule has 2 atom stereocenters. The van der Waals surface area contributed by atoms with Crippen molar-refractivity contribution < 1.29 is 19.2 Å². The number of urea groups is 1. The maximum atomic E-state index is 14.0. The first-order valence-electron chi connectivity index (χ1n) is 13.3. The van der Waals surface area contributed by atoms with Gasteiger partial charge in [0.15, 0.2) is 5.78 Å². The van der Waals surface area contributed by atoms with Crippen LogP contribution in [0.1, 0.15) is 36.5 Å². The average molecular weight is 538 g/mol. The summed E-state index contributed by atoms with van der Waals surface area (Å²) < 4.78 is 0. The summed E-state index contributed by atoms with van der Waals surface area (Å²) in [7, 11) is 0. The first-order valence-corrected chi connectivity index (χ1v) is 13.3. The number of para-hydroxylation sites is 1. The summed E-state index contributed by atoms with van der Waals surface area (Å²) in [4.78, 5) is 60.4. The fourth-order valence-electron chi connectivity index (χ4n) is 5.27. The zero-order valence-corrected chi connectivity index (χ0v) is 22.5. The Balaban J connectivity index is 1.51. The van der Waals surface area contributed by atoms with E-state index in [9.17, 15) is 19.2 Å². The first kappa shape index (κ1) is 26.8. The third-order valence-corrected chi connectivity index (χ3v) is 7.14. The van der Waals surface area contributed by atoms with E-state index in [1.807, 2.05) is 67.6 Å². The van der Waals surface area contributed by atoms with Gasteiger partial charge in [-0.3, -0.25) is 14.4 Å². The van der Waals surface area contributed by atoms with E-state index in [2.05, 4.69) is 10.6 Å². The number of aryl methyl sites for hydroxylation is 1. The summed E-state index contributed by atoms with van der Waals surface area (Å²) >= 11 is 0. The molecule has 5 rings (SSSR count). The Hall–Kier alpha value is -4.79. The fraction of sp³-hybridized carbons (Fsp3) is 0.258. The highest BCUT2D eigenvalue weighted by Crippen LogP contribution is 2.29. The van der Waals surface area contributed by atoms with Crippen molar-refractivity contribution in [2.75, 3.05) is 23.3 Å². The van der Waals surface area contributed by atoms with Gasteiger partial charge in [-0.2, -0.15) is 0 Å². The van der Waals surface area contributed by atoms with Gasteiger partial charge in [-0.1, -0.05) is 60.7 Å². The van der Waals surface area contributed by atoms with Crippen molar-refractivity contribution in [2.24, 2.45) is 4.99 Å². The molecule has 2 N–H and O–H groups in total. The molecule has 3 aromatic rings. The lowest BCUT2D eigenvalue weighted by molar-refractivity contribution is -0.135. The second-order valence-electron chi connectivity index (χ2n) is 9.99. The molecule has 0 spiro atoms. The van der Waals surface area contributed by atoms with Crippen LogP contribution in [0.3, 0.4) is 0 Å². The molecule has 1 saturated heterocycles. The monoisotopic (exact) mass is 537 g/mol. The van der Waals surface area contributed by atoms with Crippen LogP contribution < -0.4 is 15.5 Å². The van der Waals surface area contributed by atoms with Crippen LogP contribution in [0.4, 0.5) is 16.2 Å². The van der Waals surface area contributed by atoms with Crippen molar-refractivity contribution in [1.82, 2.24) is 10.2 Å². The average Bonchev–Trinajstić information content (AvgIpc) is 3.41. The lowest BCUT2D eigenvalue weighted by atomic mass is 10.00. The third-order valence-electron chi connectivity index (χ3n) is 7.14. The molecule has 40 heavy (non-hydrogen) atoms. The van der Waals surface area contributed by atoms with Crippen LogP contribution in [-0.2, 0) is 14.4 Å². The number of ketones is 1. The number of aliphatic imine (C=N–C) groups is 1. The molecule has 4 amide bonds. The number of likely N-dealkylation sites (tertiary alicyclic amines) is 1. The minimum Gasteiger partial charge on any atom is -0.333 e. The molecule has 0 aromatic heterocycles. The Kier molecular flexibility index (Phi) is 7.72. The van der Waals surface area contributed by atoms with E-state index in [0.717, 1.165) is 17.5 Å². The van der Waals surface area contributed by atoms with Crippen molar-refractivity contribution in [1.29, 1.82) is 0 Å². The highest BCUT2D eigenvalue weighted by Gasteiger charge is 2.38. The number of rotatable bonds is 6. The molecule has 2 aliphatic rings. The standard InChI is InChI=1S/C31H31N5O4/c1-20-10-8-13-23(18-20)32-31(40)34-29-30(39)36(19-27(38)26-16-9-17-35(26)21(2)37)25-15-7-6-14-24(25)28(33-29)22-11-4-3-5-12-22/h3-8,10-15,18,26,29H,9,16-17,19H2,1-2H3,(H2,32,34,40)/t26-,29?/m1/s1.